The highest BCUT2D eigenvalue weighted by molar-refractivity contribution is 6.31. The minimum Gasteiger partial charge on any atom is -0.375 e. The van der Waals surface area contributed by atoms with Gasteiger partial charge in [-0.05, 0) is 34.9 Å². The number of H-pyrrole nitrogens is 1. The van der Waals surface area contributed by atoms with Gasteiger partial charge >= 0.3 is 0 Å². The maximum absolute atomic E-state index is 12.4. The topological polar surface area (TPSA) is 36.0 Å². The Hall–Kier alpha value is -3.59. The van der Waals surface area contributed by atoms with Crippen molar-refractivity contribution in [2.75, 3.05) is 0 Å². The molecule has 156 valence electrons. The molecule has 2 nitrogen and oxygen atoms in total. The van der Waals surface area contributed by atoms with Crippen molar-refractivity contribution in [3.63, 3.8) is 0 Å². The summed E-state index contributed by atoms with van der Waals surface area (Å²) in [5.74, 6) is 0. The molecular formula is C29H22ClNO. The summed E-state index contributed by atoms with van der Waals surface area (Å²) >= 11 is 6.36. The molecule has 2 N–H and O–H groups in total. The van der Waals surface area contributed by atoms with E-state index in [-0.39, 0.29) is 0 Å². The van der Waals surface area contributed by atoms with Gasteiger partial charge in [0.15, 0.2) is 5.60 Å². The summed E-state index contributed by atoms with van der Waals surface area (Å²) < 4.78 is 0. The fraction of sp³-hybridized carbons (Fsp3) is 0.0345. The van der Waals surface area contributed by atoms with Gasteiger partial charge in [-0.3, -0.25) is 0 Å². The number of aromatic amines is 1. The van der Waals surface area contributed by atoms with Crippen molar-refractivity contribution in [3.05, 3.63) is 142 Å². The van der Waals surface area contributed by atoms with Crippen LogP contribution >= 0.6 is 11.6 Å². The third-order valence-electron chi connectivity index (χ3n) is 5.79. The fourth-order valence-corrected chi connectivity index (χ4v) is 4.37. The summed E-state index contributed by atoms with van der Waals surface area (Å²) in [5.41, 5.74) is 3.82. The number of fused-ring (bicyclic) bond motifs is 1. The van der Waals surface area contributed by atoms with Crippen molar-refractivity contribution in [2.45, 2.75) is 5.60 Å². The van der Waals surface area contributed by atoms with Crippen molar-refractivity contribution in [1.29, 1.82) is 0 Å². The maximum atomic E-state index is 12.4. The fourth-order valence-electron chi connectivity index (χ4n) is 4.20. The predicted molar refractivity (Wildman–Crippen MR) is 134 cm³/mol. The molecule has 5 aromatic rings. The molecule has 0 saturated heterocycles. The SMILES string of the molecule is OC(c1ccccc1)(c1ccccc1)c1[nH]c2ccc(Cl)cc2c1/C=C/c1ccccc1. The van der Waals surface area contributed by atoms with E-state index in [1.807, 2.05) is 97.1 Å². The van der Waals surface area contributed by atoms with E-state index in [9.17, 15) is 5.11 Å². The van der Waals surface area contributed by atoms with E-state index in [1.165, 1.54) is 0 Å². The van der Waals surface area contributed by atoms with Gasteiger partial charge in [-0.15, -0.1) is 0 Å². The first-order valence-electron chi connectivity index (χ1n) is 10.5. The Morgan fingerprint density at radius 2 is 1.25 bits per heavy atom. The third kappa shape index (κ3) is 3.64. The van der Waals surface area contributed by atoms with Crippen molar-refractivity contribution in [1.82, 2.24) is 4.98 Å². The Bertz CT molecular complexity index is 1330. The molecule has 0 fully saturated rings. The van der Waals surface area contributed by atoms with Gasteiger partial charge in [0.2, 0.25) is 0 Å². The van der Waals surface area contributed by atoms with E-state index >= 15 is 0 Å². The van der Waals surface area contributed by atoms with Crippen LogP contribution in [0.2, 0.25) is 5.02 Å². The molecule has 1 aromatic heterocycles. The zero-order valence-corrected chi connectivity index (χ0v) is 18.1. The molecule has 0 atom stereocenters. The third-order valence-corrected chi connectivity index (χ3v) is 6.02. The second-order valence-corrected chi connectivity index (χ2v) is 8.23. The van der Waals surface area contributed by atoms with E-state index in [0.29, 0.717) is 10.7 Å². The summed E-state index contributed by atoms with van der Waals surface area (Å²) in [6.07, 6.45) is 4.11. The molecule has 32 heavy (non-hydrogen) atoms. The first-order chi connectivity index (χ1) is 15.7. The molecule has 3 heteroatoms. The molecule has 0 amide bonds. The Morgan fingerprint density at radius 3 is 1.84 bits per heavy atom. The van der Waals surface area contributed by atoms with Gasteiger partial charge in [-0.2, -0.15) is 0 Å². The lowest BCUT2D eigenvalue weighted by molar-refractivity contribution is 0.121. The van der Waals surface area contributed by atoms with Crippen molar-refractivity contribution >= 4 is 34.7 Å². The van der Waals surface area contributed by atoms with E-state index in [2.05, 4.69) is 29.3 Å². The zero-order valence-electron chi connectivity index (χ0n) is 17.4. The van der Waals surface area contributed by atoms with Crippen molar-refractivity contribution in [3.8, 4) is 0 Å². The van der Waals surface area contributed by atoms with Crippen LogP contribution < -0.4 is 0 Å². The van der Waals surface area contributed by atoms with E-state index in [4.69, 9.17) is 11.6 Å². The van der Waals surface area contributed by atoms with Crippen molar-refractivity contribution < 1.29 is 5.11 Å². The monoisotopic (exact) mass is 435 g/mol. The highest BCUT2D eigenvalue weighted by Gasteiger charge is 2.37. The highest BCUT2D eigenvalue weighted by atomic mass is 35.5. The van der Waals surface area contributed by atoms with Gasteiger partial charge in [0.25, 0.3) is 0 Å². The Balaban J connectivity index is 1.80. The molecule has 5 rings (SSSR count). The average Bonchev–Trinajstić information content (AvgIpc) is 3.22. The number of nitrogens with one attached hydrogen (secondary N) is 1. The number of halogens is 1. The second-order valence-electron chi connectivity index (χ2n) is 7.79. The molecule has 0 aliphatic carbocycles. The van der Waals surface area contributed by atoms with E-state index < -0.39 is 5.60 Å². The summed E-state index contributed by atoms with van der Waals surface area (Å²) in [7, 11) is 0. The molecule has 0 aliphatic heterocycles. The molecule has 0 bridgehead atoms. The van der Waals surface area contributed by atoms with Gasteiger partial charge in [-0.1, -0.05) is 115 Å². The largest absolute Gasteiger partial charge is 0.375 e. The van der Waals surface area contributed by atoms with Crippen LogP contribution in [0.4, 0.5) is 0 Å². The maximum Gasteiger partial charge on any atom is 0.155 e. The second kappa shape index (κ2) is 8.51. The molecule has 0 spiro atoms. The van der Waals surface area contributed by atoms with Crippen LogP contribution in [0.3, 0.4) is 0 Å². The van der Waals surface area contributed by atoms with Gasteiger partial charge in [0, 0.05) is 21.5 Å². The first-order valence-corrected chi connectivity index (χ1v) is 10.9. The van der Waals surface area contributed by atoms with Crippen LogP contribution in [0, 0.1) is 0 Å². The van der Waals surface area contributed by atoms with Crippen molar-refractivity contribution in [2.24, 2.45) is 0 Å². The van der Waals surface area contributed by atoms with Crippen LogP contribution in [0.15, 0.2) is 109 Å². The molecule has 0 unspecified atom stereocenters. The summed E-state index contributed by atoms with van der Waals surface area (Å²) in [4.78, 5) is 3.51. The Kier molecular flexibility index (Phi) is 5.40. The smallest absolute Gasteiger partial charge is 0.155 e. The zero-order chi connectivity index (χ0) is 22.0. The normalized spacial score (nSPS) is 11.9. The number of aromatic nitrogens is 1. The van der Waals surface area contributed by atoms with Crippen LogP contribution in [0.1, 0.15) is 27.9 Å². The lowest BCUT2D eigenvalue weighted by atomic mass is 9.81. The van der Waals surface area contributed by atoms with Crippen LogP contribution in [-0.4, -0.2) is 10.1 Å². The van der Waals surface area contributed by atoms with Crippen LogP contribution in [0.25, 0.3) is 23.1 Å². The number of rotatable bonds is 5. The molecule has 0 radical (unpaired) electrons. The molecule has 1 heterocycles. The number of benzene rings is 4. The lowest BCUT2D eigenvalue weighted by Gasteiger charge is -2.29. The van der Waals surface area contributed by atoms with E-state index in [1.54, 1.807) is 0 Å². The van der Waals surface area contributed by atoms with Gasteiger partial charge in [-0.25, -0.2) is 0 Å². The summed E-state index contributed by atoms with van der Waals surface area (Å²) in [6.45, 7) is 0. The summed E-state index contributed by atoms with van der Waals surface area (Å²) in [6, 6.07) is 35.4. The average molecular weight is 436 g/mol. The van der Waals surface area contributed by atoms with Gasteiger partial charge in [0.05, 0.1) is 5.69 Å². The standard InChI is InChI=1S/C29H22ClNO/c30-24-17-19-27-26(20-24)25(18-16-21-10-4-1-5-11-21)28(31-27)29(32,22-12-6-2-7-13-22)23-14-8-3-9-15-23/h1-20,31-32H/b18-16+. The van der Waals surface area contributed by atoms with Crippen LogP contribution in [-0.2, 0) is 5.60 Å². The highest BCUT2D eigenvalue weighted by Crippen LogP contribution is 2.41. The minimum atomic E-state index is -1.37. The lowest BCUT2D eigenvalue weighted by Crippen LogP contribution is -2.30. The minimum absolute atomic E-state index is 0.653. The Labute approximate surface area is 192 Å². The molecule has 0 saturated carbocycles. The van der Waals surface area contributed by atoms with Gasteiger partial charge < -0.3 is 10.1 Å². The molecule has 4 aromatic carbocycles. The summed E-state index contributed by atoms with van der Waals surface area (Å²) in [5, 5.41) is 14.0. The number of hydrogen-bond donors (Lipinski definition) is 2. The quantitative estimate of drug-likeness (QED) is 0.299. The van der Waals surface area contributed by atoms with E-state index in [0.717, 1.165) is 33.2 Å². The number of aliphatic hydroxyl groups is 1. The Morgan fingerprint density at radius 1 is 0.688 bits per heavy atom. The van der Waals surface area contributed by atoms with Crippen LogP contribution in [0.5, 0.6) is 0 Å². The molecular weight excluding hydrogens is 414 g/mol. The first kappa shape index (κ1) is 20.3. The van der Waals surface area contributed by atoms with Gasteiger partial charge in [0.1, 0.15) is 0 Å². The predicted octanol–water partition coefficient (Wildman–Crippen LogP) is 7.28. The number of hydrogen-bond acceptors (Lipinski definition) is 1. The molecule has 0 aliphatic rings.